The molecule has 0 saturated carbocycles. The van der Waals surface area contributed by atoms with E-state index in [-0.39, 0.29) is 0 Å². The number of hydrogen-bond acceptors (Lipinski definition) is 3. The number of ether oxygens (including phenoxy) is 2. The highest BCUT2D eigenvalue weighted by atomic mass is 16.5. The summed E-state index contributed by atoms with van der Waals surface area (Å²) in [7, 11) is 3.19. The molecular weight excluding hydrogens is 204 g/mol. The van der Waals surface area contributed by atoms with Crippen LogP contribution in [0.15, 0.2) is 24.3 Å². The van der Waals surface area contributed by atoms with E-state index in [9.17, 15) is 4.79 Å². The number of carbonyl (C=O) groups excluding carboxylic acids is 1. The number of hydrogen-bond donors (Lipinski definition) is 0. The molecule has 0 fully saturated rings. The van der Waals surface area contributed by atoms with Crippen molar-refractivity contribution in [3.63, 3.8) is 0 Å². The van der Waals surface area contributed by atoms with E-state index in [4.69, 9.17) is 9.47 Å². The van der Waals surface area contributed by atoms with Gasteiger partial charge in [-0.2, -0.15) is 0 Å². The predicted octanol–water partition coefficient (Wildman–Crippen LogP) is 1.85. The van der Waals surface area contributed by atoms with E-state index in [2.05, 4.69) is 0 Å². The first kappa shape index (κ1) is 10.9. The van der Waals surface area contributed by atoms with E-state index in [0.29, 0.717) is 6.42 Å². The minimum absolute atomic E-state index is 0.572. The first-order valence-electron chi connectivity index (χ1n) is 5.10. The average molecular weight is 218 g/mol. The summed E-state index contributed by atoms with van der Waals surface area (Å²) in [5.74, 6) is 0.819. The highest BCUT2D eigenvalue weighted by Crippen LogP contribution is 2.29. The van der Waals surface area contributed by atoms with Crippen molar-refractivity contribution in [2.24, 2.45) is 0 Å². The van der Waals surface area contributed by atoms with Crippen LogP contribution in [0.4, 0.5) is 0 Å². The Labute approximate surface area is 94.7 Å². The first-order valence-corrected chi connectivity index (χ1v) is 5.10. The number of methoxy groups -OCH3 is 2. The molecular formula is C13H14O3. The Morgan fingerprint density at radius 2 is 2.19 bits per heavy atom. The zero-order valence-electron chi connectivity index (χ0n) is 9.40. The fourth-order valence-corrected chi connectivity index (χ4v) is 1.87. The van der Waals surface area contributed by atoms with E-state index in [1.165, 1.54) is 0 Å². The third kappa shape index (κ3) is 1.74. The molecule has 0 saturated heterocycles. The van der Waals surface area contributed by atoms with Crippen molar-refractivity contribution in [1.29, 1.82) is 0 Å². The van der Waals surface area contributed by atoms with Gasteiger partial charge in [-0.05, 0) is 29.3 Å². The first-order chi connectivity index (χ1) is 7.73. The van der Waals surface area contributed by atoms with E-state index in [1.807, 2.05) is 24.3 Å². The van der Waals surface area contributed by atoms with E-state index in [0.717, 1.165) is 23.2 Å². The van der Waals surface area contributed by atoms with Crippen LogP contribution in [0.3, 0.4) is 0 Å². The van der Waals surface area contributed by atoms with Gasteiger partial charge in [-0.3, -0.25) is 4.79 Å². The van der Waals surface area contributed by atoms with Crippen LogP contribution in [0.25, 0.3) is 6.08 Å². The van der Waals surface area contributed by atoms with Gasteiger partial charge in [-0.15, -0.1) is 0 Å². The van der Waals surface area contributed by atoms with E-state index >= 15 is 0 Å². The molecule has 1 atom stereocenters. The molecule has 2 rings (SSSR count). The molecule has 0 bridgehead atoms. The van der Waals surface area contributed by atoms with Crippen molar-refractivity contribution >= 4 is 12.4 Å². The number of rotatable bonds is 3. The molecule has 0 N–H and O–H groups in total. The lowest BCUT2D eigenvalue weighted by molar-refractivity contribution is -0.122. The fourth-order valence-electron chi connectivity index (χ4n) is 1.87. The number of fused-ring (bicyclic) bond motifs is 1. The van der Waals surface area contributed by atoms with Gasteiger partial charge in [-0.1, -0.05) is 12.1 Å². The Kier molecular flexibility index (Phi) is 2.79. The Morgan fingerprint density at radius 1 is 1.38 bits per heavy atom. The van der Waals surface area contributed by atoms with Crippen molar-refractivity contribution in [3.8, 4) is 5.75 Å². The third-order valence-corrected chi connectivity index (χ3v) is 2.94. The monoisotopic (exact) mass is 218 g/mol. The third-order valence-electron chi connectivity index (χ3n) is 2.94. The summed E-state index contributed by atoms with van der Waals surface area (Å²) in [5, 5.41) is 0. The Morgan fingerprint density at radius 3 is 2.81 bits per heavy atom. The minimum atomic E-state index is -0.804. The number of carbonyl (C=O) groups is 1. The van der Waals surface area contributed by atoms with E-state index < -0.39 is 5.60 Å². The van der Waals surface area contributed by atoms with Gasteiger partial charge in [0.05, 0.1) is 7.11 Å². The van der Waals surface area contributed by atoms with Crippen molar-refractivity contribution < 1.29 is 14.3 Å². The Hall–Kier alpha value is -1.61. The molecule has 0 aliphatic heterocycles. The van der Waals surface area contributed by atoms with Crippen LogP contribution < -0.4 is 4.74 Å². The molecule has 0 heterocycles. The maximum Gasteiger partial charge on any atom is 0.156 e. The lowest BCUT2D eigenvalue weighted by atomic mass is 9.87. The average Bonchev–Trinajstić information content (AvgIpc) is 2.37. The van der Waals surface area contributed by atoms with Crippen molar-refractivity contribution in [3.05, 3.63) is 35.4 Å². The Balaban J connectivity index is 2.39. The summed E-state index contributed by atoms with van der Waals surface area (Å²) in [5.41, 5.74) is 1.37. The quantitative estimate of drug-likeness (QED) is 0.726. The van der Waals surface area contributed by atoms with Crippen LogP contribution in [-0.4, -0.2) is 26.1 Å². The minimum Gasteiger partial charge on any atom is -0.497 e. The van der Waals surface area contributed by atoms with Crippen LogP contribution >= 0.6 is 0 Å². The molecule has 1 aliphatic carbocycles. The normalized spacial score (nSPS) is 22.6. The topological polar surface area (TPSA) is 35.5 Å². The summed E-state index contributed by atoms with van der Waals surface area (Å²) in [6.07, 6.45) is 5.11. The van der Waals surface area contributed by atoms with E-state index in [1.54, 1.807) is 20.3 Å². The summed E-state index contributed by atoms with van der Waals surface area (Å²) >= 11 is 0. The van der Waals surface area contributed by atoms with Gasteiger partial charge >= 0.3 is 0 Å². The zero-order chi connectivity index (χ0) is 11.6. The summed E-state index contributed by atoms with van der Waals surface area (Å²) < 4.78 is 10.4. The van der Waals surface area contributed by atoms with Crippen molar-refractivity contribution in [2.75, 3.05) is 14.2 Å². The molecule has 1 aliphatic rings. The standard InChI is InChI=1S/C13H14O3/c1-15-12-4-3-11-8-13(9-14,16-2)6-5-10(11)7-12/h3-7,9H,8H2,1-2H3. The van der Waals surface area contributed by atoms with Crippen LogP contribution in [0.2, 0.25) is 0 Å². The molecule has 84 valence electrons. The second kappa shape index (κ2) is 4.10. The van der Waals surface area contributed by atoms with Crippen molar-refractivity contribution in [1.82, 2.24) is 0 Å². The molecule has 16 heavy (non-hydrogen) atoms. The molecule has 3 nitrogen and oxygen atoms in total. The molecule has 0 amide bonds. The van der Waals surface area contributed by atoms with Crippen LogP contribution in [0, 0.1) is 0 Å². The van der Waals surface area contributed by atoms with Gasteiger partial charge in [0.2, 0.25) is 0 Å². The Bertz CT molecular complexity index is 437. The van der Waals surface area contributed by atoms with Gasteiger partial charge in [0.1, 0.15) is 11.4 Å². The van der Waals surface area contributed by atoms with Gasteiger partial charge in [0.15, 0.2) is 6.29 Å². The number of aldehydes is 1. The SMILES string of the molecule is COc1ccc2c(c1)C=CC(C=O)(OC)C2. The fraction of sp³-hybridized carbons (Fsp3) is 0.308. The van der Waals surface area contributed by atoms with Gasteiger partial charge in [0.25, 0.3) is 0 Å². The zero-order valence-corrected chi connectivity index (χ0v) is 9.40. The van der Waals surface area contributed by atoms with Crippen molar-refractivity contribution in [2.45, 2.75) is 12.0 Å². The summed E-state index contributed by atoms with van der Waals surface area (Å²) in [4.78, 5) is 11.0. The van der Waals surface area contributed by atoms with Gasteiger partial charge in [0, 0.05) is 13.5 Å². The van der Waals surface area contributed by atoms with Gasteiger partial charge < -0.3 is 9.47 Å². The smallest absolute Gasteiger partial charge is 0.156 e. The lowest BCUT2D eigenvalue weighted by Gasteiger charge is -2.27. The summed E-state index contributed by atoms with van der Waals surface area (Å²) in [6, 6.07) is 5.81. The molecule has 0 aromatic heterocycles. The lowest BCUT2D eigenvalue weighted by Crippen LogP contribution is -2.35. The summed E-state index contributed by atoms with van der Waals surface area (Å²) in [6.45, 7) is 0. The van der Waals surface area contributed by atoms with Gasteiger partial charge in [-0.25, -0.2) is 0 Å². The molecule has 1 aromatic rings. The second-order valence-electron chi connectivity index (χ2n) is 3.85. The molecule has 3 heteroatoms. The van der Waals surface area contributed by atoms with Crippen LogP contribution in [-0.2, 0) is 16.0 Å². The highest BCUT2D eigenvalue weighted by molar-refractivity contribution is 5.74. The largest absolute Gasteiger partial charge is 0.497 e. The predicted molar refractivity (Wildman–Crippen MR) is 61.5 cm³/mol. The molecule has 1 aromatic carbocycles. The second-order valence-corrected chi connectivity index (χ2v) is 3.85. The molecule has 0 radical (unpaired) electrons. The molecule has 0 spiro atoms. The highest BCUT2D eigenvalue weighted by Gasteiger charge is 2.30. The van der Waals surface area contributed by atoms with Crippen LogP contribution in [0.5, 0.6) is 5.75 Å². The maximum absolute atomic E-state index is 11.0. The number of benzene rings is 1. The molecule has 1 unspecified atom stereocenters. The van der Waals surface area contributed by atoms with Crippen LogP contribution in [0.1, 0.15) is 11.1 Å². The maximum atomic E-state index is 11.0.